The van der Waals surface area contributed by atoms with Gasteiger partial charge in [0.1, 0.15) is 0 Å². The van der Waals surface area contributed by atoms with E-state index in [1.54, 1.807) is 43.3 Å². The number of benzene rings is 2. The van der Waals surface area contributed by atoms with Crippen LogP contribution in [0.15, 0.2) is 64.3 Å². The number of carbonyl (C=O) groups is 1. The third-order valence-electron chi connectivity index (χ3n) is 5.50. The van der Waals surface area contributed by atoms with Crippen LogP contribution in [0.25, 0.3) is 11.3 Å². The van der Waals surface area contributed by atoms with E-state index in [4.69, 9.17) is 0 Å². The third-order valence-corrected chi connectivity index (χ3v) is 7.40. The van der Waals surface area contributed by atoms with Crippen molar-refractivity contribution >= 4 is 21.6 Å². The molecule has 2 heterocycles. The van der Waals surface area contributed by atoms with E-state index in [0.717, 1.165) is 24.8 Å². The molecule has 0 saturated carbocycles. The van der Waals surface area contributed by atoms with Crippen molar-refractivity contribution in [1.82, 2.24) is 14.5 Å². The van der Waals surface area contributed by atoms with Gasteiger partial charge in [-0.2, -0.15) is 9.40 Å². The number of aryl methyl sites for hydroxylation is 1. The molecule has 0 aliphatic carbocycles. The second-order valence-corrected chi connectivity index (χ2v) is 9.72. The van der Waals surface area contributed by atoms with Gasteiger partial charge in [-0.25, -0.2) is 13.5 Å². The molecular weight excluding hydrogens is 428 g/mol. The summed E-state index contributed by atoms with van der Waals surface area (Å²) in [5.41, 5.74) is 2.50. The first-order chi connectivity index (χ1) is 15.3. The molecule has 1 aliphatic heterocycles. The number of piperidine rings is 1. The van der Waals surface area contributed by atoms with Gasteiger partial charge in [-0.3, -0.25) is 9.59 Å². The third kappa shape index (κ3) is 4.63. The maximum Gasteiger partial charge on any atom is 0.264 e. The molecule has 1 fully saturated rings. The summed E-state index contributed by atoms with van der Waals surface area (Å²) in [5, 5.41) is 9.22. The van der Waals surface area contributed by atoms with Crippen LogP contribution in [0, 0.1) is 6.92 Å². The molecule has 1 aliphatic rings. The lowest BCUT2D eigenvalue weighted by Gasteiger charge is -2.26. The monoisotopic (exact) mass is 452 g/mol. The molecule has 3 aromatic rings. The van der Waals surface area contributed by atoms with Crippen molar-refractivity contribution in [3.8, 4) is 11.3 Å². The van der Waals surface area contributed by atoms with E-state index < -0.39 is 15.9 Å². The van der Waals surface area contributed by atoms with Crippen molar-refractivity contribution in [2.75, 3.05) is 18.4 Å². The Morgan fingerprint density at radius 2 is 1.81 bits per heavy atom. The Labute approximate surface area is 186 Å². The Bertz CT molecular complexity index is 1290. The normalized spacial score (nSPS) is 14.8. The van der Waals surface area contributed by atoms with Gasteiger partial charge in [-0.1, -0.05) is 24.6 Å². The molecule has 9 heteroatoms. The number of rotatable bonds is 5. The Hall–Kier alpha value is -3.30. The molecule has 8 nitrogen and oxygen atoms in total. The van der Waals surface area contributed by atoms with Crippen molar-refractivity contribution in [2.45, 2.75) is 31.1 Å². The van der Waals surface area contributed by atoms with E-state index in [1.807, 2.05) is 6.07 Å². The van der Waals surface area contributed by atoms with E-state index in [1.165, 1.54) is 16.4 Å². The van der Waals surface area contributed by atoms with E-state index in [-0.39, 0.29) is 10.5 Å². The highest BCUT2D eigenvalue weighted by Crippen LogP contribution is 2.24. The Kier molecular flexibility index (Phi) is 6.20. The summed E-state index contributed by atoms with van der Waals surface area (Å²) >= 11 is 0. The predicted octanol–water partition coefficient (Wildman–Crippen LogP) is 3.17. The smallest absolute Gasteiger partial charge is 0.264 e. The van der Waals surface area contributed by atoms with Gasteiger partial charge in [-0.05, 0) is 55.7 Å². The number of hydrogen-bond donors (Lipinski definition) is 2. The summed E-state index contributed by atoms with van der Waals surface area (Å²) < 4.78 is 27.5. The van der Waals surface area contributed by atoms with Crippen LogP contribution in [0.1, 0.15) is 35.2 Å². The Morgan fingerprint density at radius 1 is 1.03 bits per heavy atom. The van der Waals surface area contributed by atoms with Crippen LogP contribution in [0.3, 0.4) is 0 Å². The molecule has 0 bridgehead atoms. The quantitative estimate of drug-likeness (QED) is 0.618. The molecular formula is C23H24N4O4S. The Morgan fingerprint density at radius 3 is 2.53 bits per heavy atom. The minimum absolute atomic E-state index is 0.126. The average molecular weight is 453 g/mol. The fourth-order valence-corrected chi connectivity index (χ4v) is 5.26. The number of H-pyrrole nitrogens is 1. The van der Waals surface area contributed by atoms with Crippen LogP contribution in [0.5, 0.6) is 0 Å². The molecule has 2 aromatic carbocycles. The number of carbonyl (C=O) groups excluding carboxylic acids is 1. The van der Waals surface area contributed by atoms with E-state index in [9.17, 15) is 18.0 Å². The van der Waals surface area contributed by atoms with Crippen molar-refractivity contribution in [3.05, 3.63) is 76.1 Å². The first kappa shape index (κ1) is 21.9. The minimum Gasteiger partial charge on any atom is -0.322 e. The van der Waals surface area contributed by atoms with Crippen molar-refractivity contribution in [1.29, 1.82) is 0 Å². The zero-order valence-corrected chi connectivity index (χ0v) is 18.5. The number of aromatic nitrogens is 2. The van der Waals surface area contributed by atoms with Gasteiger partial charge in [0, 0.05) is 36.0 Å². The molecule has 0 unspecified atom stereocenters. The molecule has 1 saturated heterocycles. The molecule has 4 rings (SSSR count). The highest BCUT2D eigenvalue weighted by atomic mass is 32.2. The fraction of sp³-hybridized carbons (Fsp3) is 0.261. The first-order valence-corrected chi connectivity index (χ1v) is 11.9. The highest BCUT2D eigenvalue weighted by Gasteiger charge is 2.27. The lowest BCUT2D eigenvalue weighted by Crippen LogP contribution is -2.35. The number of hydrogen-bond acceptors (Lipinski definition) is 5. The lowest BCUT2D eigenvalue weighted by atomic mass is 10.1. The van der Waals surface area contributed by atoms with Gasteiger partial charge in [0.05, 0.1) is 10.6 Å². The molecule has 2 N–H and O–H groups in total. The van der Waals surface area contributed by atoms with Crippen LogP contribution < -0.4 is 10.9 Å². The van der Waals surface area contributed by atoms with Gasteiger partial charge in [0.2, 0.25) is 10.0 Å². The largest absolute Gasteiger partial charge is 0.322 e. The number of aromatic amines is 1. The molecule has 1 amide bonds. The predicted molar refractivity (Wildman–Crippen MR) is 122 cm³/mol. The topological polar surface area (TPSA) is 112 Å². The van der Waals surface area contributed by atoms with Crippen LogP contribution >= 0.6 is 0 Å². The molecule has 0 radical (unpaired) electrons. The van der Waals surface area contributed by atoms with Gasteiger partial charge >= 0.3 is 0 Å². The summed E-state index contributed by atoms with van der Waals surface area (Å²) in [7, 11) is -3.64. The number of sulfonamides is 1. The minimum atomic E-state index is -3.64. The fourth-order valence-electron chi connectivity index (χ4n) is 3.72. The van der Waals surface area contributed by atoms with Crippen LogP contribution in [-0.2, 0) is 10.0 Å². The summed E-state index contributed by atoms with van der Waals surface area (Å²) in [6.07, 6.45) is 2.72. The second-order valence-electron chi connectivity index (χ2n) is 7.78. The zero-order valence-electron chi connectivity index (χ0n) is 17.7. The van der Waals surface area contributed by atoms with Crippen molar-refractivity contribution in [2.24, 2.45) is 0 Å². The SMILES string of the molecule is Cc1ccc(S(=O)(=O)N2CCCCC2)cc1C(=O)Nc1cccc(-c2ccc(=O)[nH]n2)c1. The summed E-state index contributed by atoms with van der Waals surface area (Å²) in [6, 6.07) is 14.7. The van der Waals surface area contributed by atoms with Crippen molar-refractivity contribution < 1.29 is 13.2 Å². The maximum absolute atomic E-state index is 13.0. The van der Waals surface area contributed by atoms with Crippen LogP contribution in [-0.4, -0.2) is 41.9 Å². The second kappa shape index (κ2) is 9.05. The first-order valence-electron chi connectivity index (χ1n) is 10.4. The standard InChI is InChI=1S/C23H24N4O4S/c1-16-8-9-19(32(30,31)27-12-3-2-4-13-27)15-20(16)23(29)24-18-7-5-6-17(14-18)21-10-11-22(28)26-25-21/h5-11,14-15H,2-4,12-13H2,1H3,(H,24,29)(H,26,28). The number of nitrogens with one attached hydrogen (secondary N) is 2. The highest BCUT2D eigenvalue weighted by molar-refractivity contribution is 7.89. The summed E-state index contributed by atoms with van der Waals surface area (Å²) in [5.74, 6) is -0.398. The number of anilines is 1. The Balaban J connectivity index is 1.59. The van der Waals surface area contributed by atoms with Gasteiger partial charge in [-0.15, -0.1) is 0 Å². The maximum atomic E-state index is 13.0. The van der Waals surface area contributed by atoms with Gasteiger partial charge < -0.3 is 5.32 Å². The van der Waals surface area contributed by atoms with Crippen molar-refractivity contribution in [3.63, 3.8) is 0 Å². The number of nitrogens with zero attached hydrogens (tertiary/aromatic N) is 2. The van der Waals surface area contributed by atoms with Gasteiger partial charge in [0.15, 0.2) is 0 Å². The lowest BCUT2D eigenvalue weighted by molar-refractivity contribution is 0.102. The molecule has 166 valence electrons. The molecule has 0 spiro atoms. The molecule has 1 aromatic heterocycles. The van der Waals surface area contributed by atoms with E-state index >= 15 is 0 Å². The number of amides is 1. The summed E-state index contributed by atoms with van der Waals surface area (Å²) in [6.45, 7) is 2.78. The molecule has 0 atom stereocenters. The zero-order chi connectivity index (χ0) is 22.7. The molecule has 32 heavy (non-hydrogen) atoms. The summed E-state index contributed by atoms with van der Waals surface area (Å²) in [4.78, 5) is 24.4. The van der Waals surface area contributed by atoms with E-state index in [0.29, 0.717) is 35.6 Å². The van der Waals surface area contributed by atoms with Gasteiger partial charge in [0.25, 0.3) is 11.5 Å². The van der Waals surface area contributed by atoms with Crippen LogP contribution in [0.2, 0.25) is 0 Å². The average Bonchev–Trinajstić information content (AvgIpc) is 2.80. The van der Waals surface area contributed by atoms with Crippen LogP contribution in [0.4, 0.5) is 5.69 Å². The van der Waals surface area contributed by atoms with E-state index in [2.05, 4.69) is 15.5 Å².